The molecule has 0 spiro atoms. The van der Waals surface area contributed by atoms with Gasteiger partial charge >= 0.3 is 0 Å². The van der Waals surface area contributed by atoms with E-state index in [1.807, 2.05) is 18.2 Å². The Morgan fingerprint density at radius 3 is 2.30 bits per heavy atom. The zero-order valence-electron chi connectivity index (χ0n) is 18.4. The highest BCUT2D eigenvalue weighted by Gasteiger charge is 2.29. The summed E-state index contributed by atoms with van der Waals surface area (Å²) in [4.78, 5) is 8.30. The van der Waals surface area contributed by atoms with E-state index in [-0.39, 0.29) is 11.4 Å². The van der Waals surface area contributed by atoms with Gasteiger partial charge in [0, 0.05) is 25.2 Å². The molecule has 1 aromatic carbocycles. The lowest BCUT2D eigenvalue weighted by atomic mass is 10.0. The predicted octanol–water partition coefficient (Wildman–Crippen LogP) is 2.70. The SMILES string of the molecule is COc1ccc(OCCOc2ccc3c(c2)CN(S(=O)(=O)c2ccc(OC)nc2)CC3)nc1. The molecule has 0 N–H and O–H groups in total. The van der Waals surface area contributed by atoms with Crippen LogP contribution in [-0.2, 0) is 23.0 Å². The highest BCUT2D eigenvalue weighted by atomic mass is 32.2. The lowest BCUT2D eigenvalue weighted by Gasteiger charge is -2.28. The summed E-state index contributed by atoms with van der Waals surface area (Å²) in [6, 6.07) is 12.3. The molecular weight excluding hydrogens is 446 g/mol. The molecule has 0 bridgehead atoms. The fourth-order valence-electron chi connectivity index (χ4n) is 3.47. The Morgan fingerprint density at radius 2 is 1.61 bits per heavy atom. The Morgan fingerprint density at radius 1 is 0.848 bits per heavy atom. The summed E-state index contributed by atoms with van der Waals surface area (Å²) in [6.45, 7) is 1.32. The Kier molecular flexibility index (Phi) is 6.95. The van der Waals surface area contributed by atoms with E-state index in [1.165, 1.54) is 23.7 Å². The van der Waals surface area contributed by atoms with Crippen molar-refractivity contribution in [3.63, 3.8) is 0 Å². The molecule has 9 nitrogen and oxygen atoms in total. The Bertz CT molecular complexity index is 1180. The number of hydrogen-bond acceptors (Lipinski definition) is 8. The topological polar surface area (TPSA) is 100 Å². The van der Waals surface area contributed by atoms with E-state index in [0.717, 1.165) is 11.1 Å². The highest BCUT2D eigenvalue weighted by molar-refractivity contribution is 7.89. The number of hydrogen-bond donors (Lipinski definition) is 0. The number of methoxy groups -OCH3 is 2. The number of rotatable bonds is 9. The maximum absolute atomic E-state index is 13.1. The fraction of sp³-hybridized carbons (Fsp3) is 0.304. The van der Waals surface area contributed by atoms with E-state index in [9.17, 15) is 8.42 Å². The third-order valence-electron chi connectivity index (χ3n) is 5.26. The molecule has 10 heteroatoms. The molecule has 0 radical (unpaired) electrons. The zero-order valence-corrected chi connectivity index (χ0v) is 19.2. The second-order valence-corrected chi connectivity index (χ2v) is 9.23. The minimum atomic E-state index is -3.66. The summed E-state index contributed by atoms with van der Waals surface area (Å²) in [6.07, 6.45) is 3.53. The van der Waals surface area contributed by atoms with Gasteiger partial charge in [0.1, 0.15) is 29.6 Å². The van der Waals surface area contributed by atoms with Crippen molar-refractivity contribution in [1.29, 1.82) is 0 Å². The Balaban J connectivity index is 1.36. The predicted molar refractivity (Wildman–Crippen MR) is 120 cm³/mol. The second kappa shape index (κ2) is 10.1. The van der Waals surface area contributed by atoms with Gasteiger partial charge < -0.3 is 18.9 Å². The smallest absolute Gasteiger partial charge is 0.244 e. The van der Waals surface area contributed by atoms with E-state index >= 15 is 0 Å². The van der Waals surface area contributed by atoms with Crippen LogP contribution >= 0.6 is 0 Å². The lowest BCUT2D eigenvalue weighted by Crippen LogP contribution is -2.36. The molecule has 0 atom stereocenters. The number of pyridine rings is 2. The van der Waals surface area contributed by atoms with Crippen molar-refractivity contribution < 1.29 is 27.4 Å². The van der Waals surface area contributed by atoms with E-state index in [4.69, 9.17) is 18.9 Å². The van der Waals surface area contributed by atoms with Gasteiger partial charge in [-0.2, -0.15) is 4.31 Å². The van der Waals surface area contributed by atoms with E-state index in [0.29, 0.717) is 49.4 Å². The van der Waals surface area contributed by atoms with Crippen LogP contribution in [0.3, 0.4) is 0 Å². The van der Waals surface area contributed by atoms with Gasteiger partial charge in [0.15, 0.2) is 0 Å². The van der Waals surface area contributed by atoms with Gasteiger partial charge in [-0.15, -0.1) is 0 Å². The molecule has 0 saturated heterocycles. The zero-order chi connectivity index (χ0) is 23.3. The number of fused-ring (bicyclic) bond motifs is 1. The average molecular weight is 472 g/mol. The Hall–Kier alpha value is -3.37. The summed E-state index contributed by atoms with van der Waals surface area (Å²) in [7, 11) is -0.596. The van der Waals surface area contributed by atoms with E-state index in [2.05, 4.69) is 9.97 Å². The molecule has 2 aromatic heterocycles. The van der Waals surface area contributed by atoms with Crippen molar-refractivity contribution in [1.82, 2.24) is 14.3 Å². The van der Waals surface area contributed by atoms with Crippen molar-refractivity contribution in [2.75, 3.05) is 34.0 Å². The number of aromatic nitrogens is 2. The van der Waals surface area contributed by atoms with Crippen molar-refractivity contribution >= 4 is 10.0 Å². The highest BCUT2D eigenvalue weighted by Crippen LogP contribution is 2.28. The molecule has 33 heavy (non-hydrogen) atoms. The normalized spacial score (nSPS) is 13.8. The molecule has 0 fully saturated rings. The minimum absolute atomic E-state index is 0.142. The molecule has 0 unspecified atom stereocenters. The van der Waals surface area contributed by atoms with Crippen LogP contribution in [0.4, 0.5) is 0 Å². The fourth-order valence-corrected chi connectivity index (χ4v) is 4.84. The van der Waals surface area contributed by atoms with Gasteiger partial charge in [0.2, 0.25) is 21.8 Å². The standard InChI is InChI=1S/C23H25N3O6S/c1-29-20-5-7-23(24-14-20)32-12-11-31-19-4-3-17-9-10-26(16-18(17)13-19)33(27,28)21-6-8-22(30-2)25-15-21/h3-8,13-15H,9-12,16H2,1-2H3. The second-order valence-electron chi connectivity index (χ2n) is 7.29. The van der Waals surface area contributed by atoms with Gasteiger partial charge in [0.25, 0.3) is 0 Å². The first-order valence-corrected chi connectivity index (χ1v) is 11.8. The minimum Gasteiger partial charge on any atom is -0.495 e. The quantitative estimate of drug-likeness (QED) is 0.439. The summed E-state index contributed by atoms with van der Waals surface area (Å²) in [5, 5.41) is 0. The summed E-state index contributed by atoms with van der Waals surface area (Å²) >= 11 is 0. The first kappa shape index (κ1) is 22.8. The van der Waals surface area contributed by atoms with Gasteiger partial charge in [-0.1, -0.05) is 6.07 Å². The van der Waals surface area contributed by atoms with Crippen LogP contribution in [0.15, 0.2) is 59.8 Å². The maximum Gasteiger partial charge on any atom is 0.244 e. The first-order chi connectivity index (χ1) is 16.0. The molecule has 0 aliphatic carbocycles. The third kappa shape index (κ3) is 5.35. The van der Waals surface area contributed by atoms with Crippen LogP contribution in [-0.4, -0.2) is 56.7 Å². The van der Waals surface area contributed by atoms with Crippen LogP contribution in [0.1, 0.15) is 11.1 Å². The molecule has 3 heterocycles. The van der Waals surface area contributed by atoms with Crippen LogP contribution in [0.25, 0.3) is 0 Å². The summed E-state index contributed by atoms with van der Waals surface area (Å²) < 4.78 is 49.0. The number of ether oxygens (including phenoxy) is 4. The molecule has 174 valence electrons. The monoisotopic (exact) mass is 471 g/mol. The first-order valence-electron chi connectivity index (χ1n) is 10.4. The van der Waals surface area contributed by atoms with Crippen LogP contribution < -0.4 is 18.9 Å². The molecule has 0 saturated carbocycles. The Labute approximate surface area is 193 Å². The third-order valence-corrected chi connectivity index (χ3v) is 7.09. The maximum atomic E-state index is 13.1. The van der Waals surface area contributed by atoms with E-state index in [1.54, 1.807) is 31.5 Å². The van der Waals surface area contributed by atoms with Crippen LogP contribution in [0.5, 0.6) is 23.3 Å². The molecule has 4 rings (SSSR count). The number of nitrogens with zero attached hydrogens (tertiary/aromatic N) is 3. The van der Waals surface area contributed by atoms with Crippen molar-refractivity contribution in [2.24, 2.45) is 0 Å². The van der Waals surface area contributed by atoms with Gasteiger partial charge in [0.05, 0.1) is 26.6 Å². The number of sulfonamides is 1. The summed E-state index contributed by atoms with van der Waals surface area (Å²) in [5.41, 5.74) is 2.03. The molecule has 1 aliphatic rings. The summed E-state index contributed by atoms with van der Waals surface area (Å²) in [5.74, 6) is 2.17. The van der Waals surface area contributed by atoms with Gasteiger partial charge in [-0.25, -0.2) is 18.4 Å². The van der Waals surface area contributed by atoms with Crippen molar-refractivity contribution in [3.05, 3.63) is 66.0 Å². The molecule has 3 aromatic rings. The van der Waals surface area contributed by atoms with Crippen LogP contribution in [0.2, 0.25) is 0 Å². The van der Waals surface area contributed by atoms with Gasteiger partial charge in [-0.05, 0) is 41.8 Å². The molecule has 0 amide bonds. The largest absolute Gasteiger partial charge is 0.495 e. The lowest BCUT2D eigenvalue weighted by molar-refractivity contribution is 0.211. The van der Waals surface area contributed by atoms with Crippen molar-refractivity contribution in [3.8, 4) is 23.3 Å². The molecule has 1 aliphatic heterocycles. The van der Waals surface area contributed by atoms with Gasteiger partial charge in [-0.3, -0.25) is 0 Å². The van der Waals surface area contributed by atoms with Crippen molar-refractivity contribution in [2.45, 2.75) is 17.9 Å². The van der Waals surface area contributed by atoms with E-state index < -0.39 is 10.0 Å². The average Bonchev–Trinajstić information content (AvgIpc) is 2.86. The number of benzene rings is 1. The van der Waals surface area contributed by atoms with Crippen LogP contribution in [0, 0.1) is 0 Å². The molecular formula is C23H25N3O6S.